The van der Waals surface area contributed by atoms with Crippen LogP contribution in [0.3, 0.4) is 0 Å². The molecule has 3 heterocycles. The van der Waals surface area contributed by atoms with E-state index in [0.717, 1.165) is 38.8 Å². The quantitative estimate of drug-likeness (QED) is 0.622. The lowest BCUT2D eigenvalue weighted by Gasteiger charge is -2.05. The second-order valence-corrected chi connectivity index (χ2v) is 6.29. The van der Waals surface area contributed by atoms with Gasteiger partial charge in [-0.2, -0.15) is 5.10 Å². The van der Waals surface area contributed by atoms with Crippen LogP contribution < -0.4 is 5.32 Å². The number of benzene rings is 1. The second kappa shape index (κ2) is 5.73. The third-order valence-corrected chi connectivity index (χ3v) is 4.31. The van der Waals surface area contributed by atoms with Crippen LogP contribution in [0, 0.1) is 13.8 Å². The van der Waals surface area contributed by atoms with E-state index in [1.54, 1.807) is 17.1 Å². The highest BCUT2D eigenvalue weighted by Crippen LogP contribution is 2.23. The number of aryl methyl sites for hydroxylation is 3. The van der Waals surface area contributed by atoms with Gasteiger partial charge >= 0.3 is 0 Å². The molecule has 0 spiro atoms. The molecule has 0 aliphatic heterocycles. The summed E-state index contributed by atoms with van der Waals surface area (Å²) in [5.74, 6) is -0.106. The Kier molecular flexibility index (Phi) is 3.53. The van der Waals surface area contributed by atoms with Gasteiger partial charge in [-0.05, 0) is 31.5 Å². The fourth-order valence-corrected chi connectivity index (χ4v) is 3.08. The molecule has 1 aromatic carbocycles. The molecule has 0 aliphatic carbocycles. The number of carbonyl (C=O) groups excluding carboxylic acids is 1. The van der Waals surface area contributed by atoms with Gasteiger partial charge in [0.2, 0.25) is 5.91 Å². The molecular weight excluding hydrogens is 316 g/mol. The Labute approximate surface area is 144 Å². The van der Waals surface area contributed by atoms with Gasteiger partial charge in [0.1, 0.15) is 5.58 Å². The topological polar surface area (TPSA) is 73.0 Å². The Bertz CT molecular complexity index is 1110. The van der Waals surface area contributed by atoms with Crippen LogP contribution in [0.4, 0.5) is 5.69 Å². The van der Waals surface area contributed by atoms with Gasteiger partial charge in [-0.15, -0.1) is 0 Å². The van der Waals surface area contributed by atoms with Gasteiger partial charge in [-0.3, -0.25) is 9.48 Å². The minimum atomic E-state index is -0.106. The normalized spacial score (nSPS) is 11.3. The molecule has 0 fully saturated rings. The average Bonchev–Trinajstić information content (AvgIpc) is 3.08. The zero-order valence-corrected chi connectivity index (χ0v) is 14.3. The Hall–Kier alpha value is -3.15. The zero-order chi connectivity index (χ0) is 17.6. The first-order valence-corrected chi connectivity index (χ1v) is 8.07. The molecule has 1 N–H and O–H groups in total. The summed E-state index contributed by atoms with van der Waals surface area (Å²) in [6.07, 6.45) is 3.55. The van der Waals surface area contributed by atoms with Crippen LogP contribution in [-0.4, -0.2) is 20.7 Å². The molecule has 6 heteroatoms. The highest BCUT2D eigenvalue weighted by Gasteiger charge is 2.12. The van der Waals surface area contributed by atoms with Crippen molar-refractivity contribution < 1.29 is 9.21 Å². The van der Waals surface area contributed by atoms with Crippen LogP contribution in [0.15, 0.2) is 41.1 Å². The monoisotopic (exact) mass is 334 g/mol. The van der Waals surface area contributed by atoms with Crippen molar-refractivity contribution in [2.75, 3.05) is 5.32 Å². The summed E-state index contributed by atoms with van der Waals surface area (Å²) in [6, 6.07) is 7.88. The van der Waals surface area contributed by atoms with E-state index in [-0.39, 0.29) is 12.3 Å². The molecule has 3 aromatic heterocycles. The third kappa shape index (κ3) is 2.76. The number of aromatic nitrogens is 3. The predicted octanol–water partition coefficient (Wildman–Crippen LogP) is 3.51. The standard InChI is InChI=1S/C19H18N4O2/c1-11-4-5-15-13(10-25-17(15)6-11)7-18(24)21-14-8-16-12(2)22-23(3)19(16)20-9-14/h4-6,8-10H,7H2,1-3H3,(H,21,24). The molecule has 0 unspecified atom stereocenters. The summed E-state index contributed by atoms with van der Waals surface area (Å²) >= 11 is 0. The average molecular weight is 334 g/mol. The van der Waals surface area contributed by atoms with Crippen molar-refractivity contribution in [2.24, 2.45) is 7.05 Å². The minimum absolute atomic E-state index is 0.106. The van der Waals surface area contributed by atoms with Gasteiger partial charge in [-0.25, -0.2) is 4.98 Å². The van der Waals surface area contributed by atoms with E-state index in [1.165, 1.54) is 0 Å². The fraction of sp³-hybridized carbons (Fsp3) is 0.211. The second-order valence-electron chi connectivity index (χ2n) is 6.29. The molecule has 4 rings (SSSR count). The first-order valence-electron chi connectivity index (χ1n) is 8.07. The predicted molar refractivity (Wildman–Crippen MR) is 96.5 cm³/mol. The number of anilines is 1. The summed E-state index contributed by atoms with van der Waals surface area (Å²) in [7, 11) is 1.85. The van der Waals surface area contributed by atoms with Crippen LogP contribution in [0.2, 0.25) is 0 Å². The number of rotatable bonds is 3. The number of hydrogen-bond donors (Lipinski definition) is 1. The zero-order valence-electron chi connectivity index (χ0n) is 14.3. The lowest BCUT2D eigenvalue weighted by atomic mass is 10.1. The van der Waals surface area contributed by atoms with Crippen molar-refractivity contribution in [3.8, 4) is 0 Å². The smallest absolute Gasteiger partial charge is 0.228 e. The van der Waals surface area contributed by atoms with Crippen molar-refractivity contribution in [1.82, 2.24) is 14.8 Å². The van der Waals surface area contributed by atoms with E-state index in [1.807, 2.05) is 45.2 Å². The Morgan fingerprint density at radius 3 is 2.92 bits per heavy atom. The molecule has 0 atom stereocenters. The van der Waals surface area contributed by atoms with E-state index in [2.05, 4.69) is 15.4 Å². The molecule has 126 valence electrons. The van der Waals surface area contributed by atoms with Crippen molar-refractivity contribution >= 4 is 33.6 Å². The molecule has 0 saturated heterocycles. The van der Waals surface area contributed by atoms with Crippen LogP contribution in [0.25, 0.3) is 22.0 Å². The van der Waals surface area contributed by atoms with E-state index in [0.29, 0.717) is 5.69 Å². The van der Waals surface area contributed by atoms with E-state index < -0.39 is 0 Å². The summed E-state index contributed by atoms with van der Waals surface area (Å²) in [5, 5.41) is 9.15. The summed E-state index contributed by atoms with van der Waals surface area (Å²) in [6.45, 7) is 3.94. The van der Waals surface area contributed by atoms with Crippen LogP contribution in [-0.2, 0) is 18.3 Å². The molecule has 0 radical (unpaired) electrons. The summed E-state index contributed by atoms with van der Waals surface area (Å²) in [4.78, 5) is 16.8. The number of fused-ring (bicyclic) bond motifs is 2. The van der Waals surface area contributed by atoms with Crippen LogP contribution in [0.1, 0.15) is 16.8 Å². The lowest BCUT2D eigenvalue weighted by molar-refractivity contribution is -0.115. The Morgan fingerprint density at radius 2 is 2.08 bits per heavy atom. The van der Waals surface area contributed by atoms with E-state index in [4.69, 9.17) is 4.42 Å². The maximum atomic E-state index is 12.4. The van der Waals surface area contributed by atoms with Crippen molar-refractivity contribution in [3.63, 3.8) is 0 Å². The Balaban J connectivity index is 1.56. The number of nitrogens with zero attached hydrogens (tertiary/aromatic N) is 3. The molecule has 0 saturated carbocycles. The fourth-order valence-electron chi connectivity index (χ4n) is 3.08. The van der Waals surface area contributed by atoms with Gasteiger partial charge < -0.3 is 9.73 Å². The molecule has 0 aliphatic rings. The number of hydrogen-bond acceptors (Lipinski definition) is 4. The molecule has 25 heavy (non-hydrogen) atoms. The first kappa shape index (κ1) is 15.4. The van der Waals surface area contributed by atoms with E-state index >= 15 is 0 Å². The number of amides is 1. The highest BCUT2D eigenvalue weighted by molar-refractivity contribution is 5.96. The number of pyridine rings is 1. The highest BCUT2D eigenvalue weighted by atomic mass is 16.3. The van der Waals surface area contributed by atoms with Crippen molar-refractivity contribution in [1.29, 1.82) is 0 Å². The van der Waals surface area contributed by atoms with Crippen LogP contribution >= 0.6 is 0 Å². The van der Waals surface area contributed by atoms with Gasteiger partial charge in [0.05, 0.1) is 30.3 Å². The SMILES string of the molecule is Cc1ccc2c(CC(=O)Nc3cnc4c(c3)c(C)nn4C)coc2c1. The lowest BCUT2D eigenvalue weighted by Crippen LogP contribution is -2.14. The first-order chi connectivity index (χ1) is 12.0. The maximum Gasteiger partial charge on any atom is 0.228 e. The molecule has 6 nitrogen and oxygen atoms in total. The van der Waals surface area contributed by atoms with Crippen LogP contribution in [0.5, 0.6) is 0 Å². The number of nitrogens with one attached hydrogen (secondary N) is 1. The van der Waals surface area contributed by atoms with Gasteiger partial charge in [0.15, 0.2) is 5.65 Å². The Morgan fingerprint density at radius 1 is 1.24 bits per heavy atom. The summed E-state index contributed by atoms with van der Waals surface area (Å²) < 4.78 is 7.29. The molecule has 4 aromatic rings. The third-order valence-electron chi connectivity index (χ3n) is 4.31. The maximum absolute atomic E-state index is 12.4. The number of carbonyl (C=O) groups is 1. The van der Waals surface area contributed by atoms with Crippen molar-refractivity contribution in [2.45, 2.75) is 20.3 Å². The molecule has 1 amide bonds. The minimum Gasteiger partial charge on any atom is -0.464 e. The molecular formula is C19H18N4O2. The molecule has 0 bridgehead atoms. The summed E-state index contributed by atoms with van der Waals surface area (Å²) in [5.41, 5.74) is 5.15. The van der Waals surface area contributed by atoms with Gasteiger partial charge in [0, 0.05) is 23.4 Å². The largest absolute Gasteiger partial charge is 0.464 e. The number of furan rings is 1. The van der Waals surface area contributed by atoms with Crippen molar-refractivity contribution in [3.05, 3.63) is 53.5 Å². The van der Waals surface area contributed by atoms with Gasteiger partial charge in [0.25, 0.3) is 0 Å². The van der Waals surface area contributed by atoms with E-state index in [9.17, 15) is 4.79 Å². The van der Waals surface area contributed by atoms with Gasteiger partial charge in [-0.1, -0.05) is 12.1 Å².